The van der Waals surface area contributed by atoms with Crippen LogP contribution in [0, 0.1) is 24.7 Å². The molecule has 1 fully saturated rings. The minimum atomic E-state index is 0.116. The molecule has 1 heterocycles. The number of nitrogens with zero attached hydrogens (tertiary/aromatic N) is 1. The fourth-order valence-electron chi connectivity index (χ4n) is 2.82. The maximum atomic E-state index is 12.7. The summed E-state index contributed by atoms with van der Waals surface area (Å²) in [5, 5.41) is 0. The highest BCUT2D eigenvalue weighted by Crippen LogP contribution is 2.25. The Morgan fingerprint density at radius 1 is 1.43 bits per heavy atom. The summed E-state index contributed by atoms with van der Waals surface area (Å²) in [6.45, 7) is 7.54. The van der Waals surface area contributed by atoms with Crippen LogP contribution in [-0.2, 0) is 0 Å². The molecule has 0 aromatic heterocycles. The molecule has 3 nitrogen and oxygen atoms in total. The lowest BCUT2D eigenvalue weighted by atomic mass is 9.91. The van der Waals surface area contributed by atoms with Crippen molar-refractivity contribution in [3.63, 3.8) is 0 Å². The summed E-state index contributed by atoms with van der Waals surface area (Å²) in [6.07, 6.45) is 2.29. The van der Waals surface area contributed by atoms with Crippen LogP contribution in [0.1, 0.15) is 48.2 Å². The van der Waals surface area contributed by atoms with Crippen molar-refractivity contribution in [2.45, 2.75) is 39.7 Å². The molecular weight excluding hydrogens is 260 g/mol. The Labute approximate surface area is 127 Å². The van der Waals surface area contributed by atoms with E-state index in [1.807, 2.05) is 30.0 Å². The molecule has 1 aliphatic rings. The summed E-state index contributed by atoms with van der Waals surface area (Å²) in [5.41, 5.74) is 8.12. The zero-order valence-electron chi connectivity index (χ0n) is 13.1. The fraction of sp³-hybridized carbons (Fsp3) is 0.500. The van der Waals surface area contributed by atoms with Gasteiger partial charge in [-0.05, 0) is 50.3 Å². The van der Waals surface area contributed by atoms with Crippen molar-refractivity contribution in [3.05, 3.63) is 34.9 Å². The maximum Gasteiger partial charge on any atom is 0.254 e. The Morgan fingerprint density at radius 3 is 2.90 bits per heavy atom. The average molecular weight is 284 g/mol. The van der Waals surface area contributed by atoms with Crippen LogP contribution in [0.2, 0.25) is 0 Å². The van der Waals surface area contributed by atoms with Crippen LogP contribution >= 0.6 is 0 Å². The van der Waals surface area contributed by atoms with Gasteiger partial charge in [0.2, 0.25) is 0 Å². The first-order valence-corrected chi connectivity index (χ1v) is 7.65. The molecule has 2 atom stereocenters. The Kier molecular flexibility index (Phi) is 5.03. The molecule has 0 saturated carbocycles. The van der Waals surface area contributed by atoms with Crippen LogP contribution in [0.15, 0.2) is 18.2 Å². The Bertz CT molecular complexity index is 583. The number of amides is 1. The zero-order chi connectivity index (χ0) is 15.4. The lowest BCUT2D eigenvalue weighted by molar-refractivity contribution is 0.0551. The molecule has 1 aromatic carbocycles. The molecule has 21 heavy (non-hydrogen) atoms. The summed E-state index contributed by atoms with van der Waals surface area (Å²) in [5.74, 6) is 6.58. The highest BCUT2D eigenvalue weighted by molar-refractivity contribution is 5.95. The van der Waals surface area contributed by atoms with E-state index in [1.54, 1.807) is 0 Å². The van der Waals surface area contributed by atoms with Gasteiger partial charge in [-0.3, -0.25) is 4.79 Å². The van der Waals surface area contributed by atoms with E-state index in [2.05, 4.69) is 25.7 Å². The van der Waals surface area contributed by atoms with Crippen LogP contribution in [0.3, 0.4) is 0 Å². The number of aryl methyl sites for hydroxylation is 1. The summed E-state index contributed by atoms with van der Waals surface area (Å²) in [7, 11) is 0. The number of piperidine rings is 1. The number of hydrogen-bond donors (Lipinski definition) is 1. The van der Waals surface area contributed by atoms with Crippen LogP contribution in [-0.4, -0.2) is 29.9 Å². The lowest BCUT2D eigenvalue weighted by Gasteiger charge is -2.38. The number of carbonyl (C=O) groups excluding carboxylic acids is 1. The van der Waals surface area contributed by atoms with Gasteiger partial charge in [-0.15, -0.1) is 0 Å². The van der Waals surface area contributed by atoms with Gasteiger partial charge in [0.25, 0.3) is 5.91 Å². The van der Waals surface area contributed by atoms with Crippen LogP contribution in [0.5, 0.6) is 0 Å². The number of likely N-dealkylation sites (tertiary alicyclic amines) is 1. The Hall–Kier alpha value is -1.79. The highest BCUT2D eigenvalue weighted by Gasteiger charge is 2.29. The molecular formula is C18H24N2O. The predicted molar refractivity (Wildman–Crippen MR) is 86.0 cm³/mol. The second-order valence-corrected chi connectivity index (χ2v) is 5.89. The van der Waals surface area contributed by atoms with Crippen molar-refractivity contribution in [1.82, 2.24) is 4.90 Å². The second kappa shape index (κ2) is 6.78. The number of hydrogen-bond acceptors (Lipinski definition) is 2. The number of carbonyl (C=O) groups is 1. The molecule has 2 unspecified atom stereocenters. The van der Waals surface area contributed by atoms with Crippen LogP contribution < -0.4 is 5.73 Å². The normalized spacial score (nSPS) is 21.6. The molecule has 1 saturated heterocycles. The van der Waals surface area contributed by atoms with Gasteiger partial charge in [0.05, 0.1) is 6.54 Å². The van der Waals surface area contributed by atoms with Gasteiger partial charge in [0.15, 0.2) is 0 Å². The van der Waals surface area contributed by atoms with E-state index in [4.69, 9.17) is 5.73 Å². The van der Waals surface area contributed by atoms with Crippen molar-refractivity contribution < 1.29 is 4.79 Å². The van der Waals surface area contributed by atoms with E-state index in [0.717, 1.165) is 29.7 Å². The van der Waals surface area contributed by atoms with Crippen molar-refractivity contribution in [2.75, 3.05) is 13.1 Å². The molecule has 1 aliphatic heterocycles. The molecule has 2 N–H and O–H groups in total. The SMILES string of the molecule is Cc1ccc(C(=O)N2CCCC(C)C2C)cc1C#CCN. The predicted octanol–water partition coefficient (Wildman–Crippen LogP) is 2.57. The topological polar surface area (TPSA) is 46.3 Å². The quantitative estimate of drug-likeness (QED) is 0.806. The van der Waals surface area contributed by atoms with Crippen molar-refractivity contribution in [2.24, 2.45) is 11.7 Å². The highest BCUT2D eigenvalue weighted by atomic mass is 16.2. The van der Waals surface area contributed by atoms with Gasteiger partial charge >= 0.3 is 0 Å². The third-order valence-electron chi connectivity index (χ3n) is 4.44. The van der Waals surface area contributed by atoms with E-state index in [-0.39, 0.29) is 5.91 Å². The monoisotopic (exact) mass is 284 g/mol. The molecule has 2 rings (SSSR count). The third kappa shape index (κ3) is 3.46. The van der Waals surface area contributed by atoms with Gasteiger partial charge in [0.1, 0.15) is 0 Å². The van der Waals surface area contributed by atoms with Crippen molar-refractivity contribution >= 4 is 5.91 Å². The second-order valence-electron chi connectivity index (χ2n) is 5.89. The molecule has 1 amide bonds. The summed E-state index contributed by atoms with van der Waals surface area (Å²) >= 11 is 0. The average Bonchev–Trinajstić information content (AvgIpc) is 2.48. The molecule has 112 valence electrons. The van der Waals surface area contributed by atoms with E-state index in [1.165, 1.54) is 6.42 Å². The maximum absolute atomic E-state index is 12.7. The number of benzene rings is 1. The van der Waals surface area contributed by atoms with E-state index < -0.39 is 0 Å². The van der Waals surface area contributed by atoms with Gasteiger partial charge in [0, 0.05) is 23.7 Å². The minimum absolute atomic E-state index is 0.116. The summed E-state index contributed by atoms with van der Waals surface area (Å²) < 4.78 is 0. The first-order chi connectivity index (χ1) is 10.0. The first kappa shape index (κ1) is 15.6. The summed E-state index contributed by atoms with van der Waals surface area (Å²) in [4.78, 5) is 14.7. The largest absolute Gasteiger partial charge is 0.336 e. The van der Waals surface area contributed by atoms with Gasteiger partial charge < -0.3 is 10.6 Å². The molecule has 0 aliphatic carbocycles. The number of nitrogens with two attached hydrogens (primary N) is 1. The Morgan fingerprint density at radius 2 is 2.19 bits per heavy atom. The molecule has 0 radical (unpaired) electrons. The van der Waals surface area contributed by atoms with Crippen LogP contribution in [0.4, 0.5) is 0 Å². The van der Waals surface area contributed by atoms with Crippen molar-refractivity contribution in [1.29, 1.82) is 0 Å². The van der Waals surface area contributed by atoms with E-state index >= 15 is 0 Å². The fourth-order valence-corrected chi connectivity index (χ4v) is 2.82. The zero-order valence-corrected chi connectivity index (χ0v) is 13.1. The van der Waals surface area contributed by atoms with Gasteiger partial charge in [-0.25, -0.2) is 0 Å². The summed E-state index contributed by atoms with van der Waals surface area (Å²) in [6, 6.07) is 6.06. The Balaban J connectivity index is 2.27. The lowest BCUT2D eigenvalue weighted by Crippen LogP contribution is -2.46. The smallest absolute Gasteiger partial charge is 0.254 e. The van der Waals surface area contributed by atoms with Crippen molar-refractivity contribution in [3.8, 4) is 11.8 Å². The molecule has 0 bridgehead atoms. The molecule has 1 aromatic rings. The molecule has 3 heteroatoms. The van der Waals surface area contributed by atoms with E-state index in [9.17, 15) is 4.79 Å². The standard InChI is InChI=1S/C18H24N2O/c1-13-6-5-11-20(15(13)3)18(21)17-9-8-14(2)16(12-17)7-4-10-19/h8-9,12-13,15H,5-6,10-11,19H2,1-3H3. The molecule has 0 spiro atoms. The first-order valence-electron chi connectivity index (χ1n) is 7.65. The number of rotatable bonds is 1. The van der Waals surface area contributed by atoms with Crippen LogP contribution in [0.25, 0.3) is 0 Å². The van der Waals surface area contributed by atoms with Gasteiger partial charge in [-0.1, -0.05) is 24.8 Å². The minimum Gasteiger partial charge on any atom is -0.336 e. The van der Waals surface area contributed by atoms with E-state index in [0.29, 0.717) is 18.5 Å². The van der Waals surface area contributed by atoms with Gasteiger partial charge in [-0.2, -0.15) is 0 Å². The third-order valence-corrected chi connectivity index (χ3v) is 4.44.